The minimum atomic E-state index is -4.61. The normalized spacial score (nSPS) is 11.6. The van der Waals surface area contributed by atoms with Crippen LogP contribution in [0.25, 0.3) is 0 Å². The maximum Gasteiger partial charge on any atom is 0.405 e. The predicted molar refractivity (Wildman–Crippen MR) is 99.5 cm³/mol. The number of nitrogens with one attached hydrogen (secondary N) is 1. The molecule has 0 saturated carbocycles. The number of carbonyl (C=O) groups is 2. The van der Waals surface area contributed by atoms with Crippen LogP contribution >= 0.6 is 0 Å². The van der Waals surface area contributed by atoms with Gasteiger partial charge in [0.25, 0.3) is 5.91 Å². The molecule has 2 aromatic rings. The van der Waals surface area contributed by atoms with Gasteiger partial charge in [0.1, 0.15) is 17.0 Å². The van der Waals surface area contributed by atoms with Crippen molar-refractivity contribution < 1.29 is 40.1 Å². The molecule has 0 radical (unpaired) electrons. The van der Waals surface area contributed by atoms with E-state index in [1.807, 2.05) is 0 Å². The second kappa shape index (κ2) is 9.16. The summed E-state index contributed by atoms with van der Waals surface area (Å²) >= 11 is 0. The van der Waals surface area contributed by atoms with Crippen LogP contribution in [0.2, 0.25) is 0 Å². The van der Waals surface area contributed by atoms with Crippen LogP contribution in [0.15, 0.2) is 47.4 Å². The average Bonchev–Trinajstić information content (AvgIpc) is 2.65. The van der Waals surface area contributed by atoms with E-state index >= 15 is 0 Å². The molecule has 0 aliphatic rings. The smallest absolute Gasteiger partial charge is 0.405 e. The minimum absolute atomic E-state index is 0.0859. The molecule has 2 rings (SSSR count). The number of ether oxygens (including phenoxy) is 1. The quantitative estimate of drug-likeness (QED) is 0.520. The van der Waals surface area contributed by atoms with E-state index in [1.165, 1.54) is 30.3 Å². The molecule has 0 bridgehead atoms. The molecule has 1 amide bonds. The number of esters is 1. The maximum absolute atomic E-state index is 12.6. The van der Waals surface area contributed by atoms with Crippen LogP contribution in [0, 0.1) is 13.8 Å². The summed E-state index contributed by atoms with van der Waals surface area (Å²) in [5, 5.41) is 1.55. The van der Waals surface area contributed by atoms with E-state index in [-0.39, 0.29) is 16.2 Å². The van der Waals surface area contributed by atoms with Crippen LogP contribution < -0.4 is 9.50 Å². The highest BCUT2D eigenvalue weighted by Gasteiger charge is 2.28. The molecule has 0 aromatic heterocycles. The first-order valence-corrected chi connectivity index (χ1v) is 9.91. The fraction of sp³-hybridized carbons (Fsp3) is 0.263. The van der Waals surface area contributed by atoms with Crippen molar-refractivity contribution in [3.63, 3.8) is 0 Å². The molecular weight excluding hydrogens is 427 g/mol. The second-order valence-electron chi connectivity index (χ2n) is 6.27. The van der Waals surface area contributed by atoms with Crippen LogP contribution in [0.5, 0.6) is 5.75 Å². The molecular formula is C19H18F3NO6S. The molecule has 0 aliphatic carbocycles. The monoisotopic (exact) mass is 445 g/mol. The van der Waals surface area contributed by atoms with Crippen molar-refractivity contribution in [2.75, 3.05) is 13.2 Å². The summed E-state index contributed by atoms with van der Waals surface area (Å²) in [5.41, 5.74) is 0.803. The number of amides is 1. The zero-order valence-electron chi connectivity index (χ0n) is 15.9. The molecule has 0 spiro atoms. The fourth-order valence-corrected chi connectivity index (χ4v) is 3.57. The number of rotatable bonds is 7. The summed E-state index contributed by atoms with van der Waals surface area (Å²) in [6.45, 7) is 0.729. The van der Waals surface area contributed by atoms with Gasteiger partial charge in [0.05, 0.1) is 0 Å². The van der Waals surface area contributed by atoms with E-state index in [0.717, 1.165) is 0 Å². The molecule has 162 valence electrons. The van der Waals surface area contributed by atoms with E-state index in [9.17, 15) is 31.2 Å². The highest BCUT2D eigenvalue weighted by molar-refractivity contribution is 7.87. The number of para-hydroxylation sites is 1. The van der Waals surface area contributed by atoms with Crippen LogP contribution in [0.4, 0.5) is 13.2 Å². The van der Waals surface area contributed by atoms with Gasteiger partial charge in [0.15, 0.2) is 12.4 Å². The Bertz CT molecular complexity index is 1050. The Hall–Kier alpha value is -3.08. The number of aryl methyl sites for hydroxylation is 2. The number of carbonyl (C=O) groups excluding carboxylic acids is 2. The summed E-state index contributed by atoms with van der Waals surface area (Å²) in [5.74, 6) is -2.65. The molecule has 0 atom stereocenters. The Kier molecular flexibility index (Phi) is 7.08. The average molecular weight is 445 g/mol. The Morgan fingerprint density at radius 1 is 1.07 bits per heavy atom. The summed E-state index contributed by atoms with van der Waals surface area (Å²) in [7, 11) is -4.29. The number of alkyl halides is 3. The van der Waals surface area contributed by atoms with Gasteiger partial charge in [-0.25, -0.2) is 4.79 Å². The van der Waals surface area contributed by atoms with Gasteiger partial charge in [0, 0.05) is 0 Å². The fourth-order valence-electron chi connectivity index (χ4n) is 2.31. The van der Waals surface area contributed by atoms with Crippen LogP contribution in [0.1, 0.15) is 21.5 Å². The van der Waals surface area contributed by atoms with Crippen LogP contribution in [-0.2, 0) is 19.6 Å². The molecule has 0 heterocycles. The lowest BCUT2D eigenvalue weighted by Gasteiger charge is -2.13. The first kappa shape index (κ1) is 23.2. The number of halogens is 3. The molecule has 30 heavy (non-hydrogen) atoms. The third-order valence-corrected chi connectivity index (χ3v) is 5.12. The molecule has 11 heteroatoms. The second-order valence-corrected chi connectivity index (χ2v) is 7.79. The third kappa shape index (κ3) is 6.48. The molecule has 0 aliphatic heterocycles. The van der Waals surface area contributed by atoms with Crippen molar-refractivity contribution in [1.29, 1.82) is 0 Å². The van der Waals surface area contributed by atoms with Gasteiger partial charge in [-0.3, -0.25) is 4.79 Å². The maximum atomic E-state index is 12.6. The van der Waals surface area contributed by atoms with Gasteiger partial charge in [-0.2, -0.15) is 21.6 Å². The lowest BCUT2D eigenvalue weighted by Crippen LogP contribution is -2.36. The van der Waals surface area contributed by atoms with Gasteiger partial charge in [-0.15, -0.1) is 0 Å². The van der Waals surface area contributed by atoms with Crippen molar-refractivity contribution in [2.24, 2.45) is 0 Å². The first-order valence-electron chi connectivity index (χ1n) is 8.50. The van der Waals surface area contributed by atoms with Crippen molar-refractivity contribution in [2.45, 2.75) is 24.9 Å². The lowest BCUT2D eigenvalue weighted by molar-refractivity contribution is -0.140. The Morgan fingerprint density at radius 3 is 2.40 bits per heavy atom. The largest absolute Gasteiger partial charge is 0.452 e. The summed E-state index contributed by atoms with van der Waals surface area (Å²) in [6, 6.07) is 9.97. The molecule has 1 N–H and O–H groups in total. The van der Waals surface area contributed by atoms with E-state index < -0.39 is 41.3 Å². The van der Waals surface area contributed by atoms with E-state index in [4.69, 9.17) is 4.18 Å². The number of hydrogen-bond acceptors (Lipinski definition) is 6. The zero-order chi connectivity index (χ0) is 22.5. The Morgan fingerprint density at radius 2 is 1.73 bits per heavy atom. The predicted octanol–water partition coefficient (Wildman–Crippen LogP) is 2.91. The minimum Gasteiger partial charge on any atom is -0.452 e. The van der Waals surface area contributed by atoms with Gasteiger partial charge >= 0.3 is 22.3 Å². The molecule has 2 aromatic carbocycles. The van der Waals surface area contributed by atoms with Crippen molar-refractivity contribution in [3.8, 4) is 5.75 Å². The molecule has 0 saturated heterocycles. The standard InChI is InChI=1S/C19H18F3NO6S/c1-12-7-8-13(2)16(9-12)30(26,27)29-15-6-4-3-5-14(15)18(25)28-10-17(24)23-11-19(20,21)22/h3-9H,10-11H2,1-2H3,(H,23,24). The van der Waals surface area contributed by atoms with E-state index in [2.05, 4.69) is 4.74 Å². The van der Waals surface area contributed by atoms with Crippen molar-refractivity contribution in [1.82, 2.24) is 5.32 Å². The Labute approximate surface area is 170 Å². The highest BCUT2D eigenvalue weighted by atomic mass is 32.2. The van der Waals surface area contributed by atoms with Crippen molar-refractivity contribution >= 4 is 22.0 Å². The topological polar surface area (TPSA) is 98.8 Å². The SMILES string of the molecule is Cc1ccc(C)c(S(=O)(=O)Oc2ccccc2C(=O)OCC(=O)NCC(F)(F)F)c1. The van der Waals surface area contributed by atoms with Gasteiger partial charge in [0.2, 0.25) is 0 Å². The summed E-state index contributed by atoms with van der Waals surface area (Å²) < 4.78 is 71.3. The molecule has 0 fully saturated rings. The lowest BCUT2D eigenvalue weighted by atomic mass is 10.2. The number of benzene rings is 2. The molecule has 0 unspecified atom stereocenters. The third-order valence-electron chi connectivity index (χ3n) is 3.74. The van der Waals surface area contributed by atoms with E-state index in [0.29, 0.717) is 11.1 Å². The van der Waals surface area contributed by atoms with Crippen LogP contribution in [-0.4, -0.2) is 39.6 Å². The van der Waals surface area contributed by atoms with E-state index in [1.54, 1.807) is 31.3 Å². The van der Waals surface area contributed by atoms with Gasteiger partial charge in [-0.1, -0.05) is 24.3 Å². The summed E-state index contributed by atoms with van der Waals surface area (Å²) in [4.78, 5) is 23.5. The van der Waals surface area contributed by atoms with Gasteiger partial charge < -0.3 is 14.2 Å². The summed E-state index contributed by atoms with van der Waals surface area (Å²) in [6.07, 6.45) is -4.61. The highest BCUT2D eigenvalue weighted by Crippen LogP contribution is 2.26. The van der Waals surface area contributed by atoms with Crippen LogP contribution in [0.3, 0.4) is 0 Å². The molecule has 7 nitrogen and oxygen atoms in total. The number of hydrogen-bond donors (Lipinski definition) is 1. The Balaban J connectivity index is 2.15. The van der Waals surface area contributed by atoms with Crippen molar-refractivity contribution in [3.05, 3.63) is 59.2 Å². The van der Waals surface area contributed by atoms with Gasteiger partial charge in [-0.05, 0) is 43.2 Å². The zero-order valence-corrected chi connectivity index (χ0v) is 16.8. The first-order chi connectivity index (χ1) is 13.9.